The molecule has 1 N–H and O–H groups in total. The summed E-state index contributed by atoms with van der Waals surface area (Å²) >= 11 is 0. The Hall–Kier alpha value is -1.78. The van der Waals surface area contributed by atoms with E-state index in [9.17, 15) is 4.79 Å². The van der Waals surface area contributed by atoms with Gasteiger partial charge in [0.05, 0.1) is 24.6 Å². The molecule has 1 saturated heterocycles. The summed E-state index contributed by atoms with van der Waals surface area (Å²) in [6.45, 7) is 4.13. The number of aromatic nitrogens is 1. The number of pyridine rings is 1. The normalized spacial score (nSPS) is 21.8. The predicted molar refractivity (Wildman–Crippen MR) is 82.5 cm³/mol. The molecule has 0 aliphatic carbocycles. The molecule has 4 heteroatoms. The summed E-state index contributed by atoms with van der Waals surface area (Å²) in [5.74, 6) is 0.0128. The second-order valence-electron chi connectivity index (χ2n) is 5.49. The van der Waals surface area contributed by atoms with Crippen LogP contribution in [0.4, 0.5) is 0 Å². The number of Topliss-reactive ketones (excluding diaryl/α,β-unsaturated/α-hetero) is 1. The number of rotatable bonds is 5. The molecule has 0 bridgehead atoms. The lowest BCUT2D eigenvalue weighted by molar-refractivity contribution is 0.0891. The average molecular weight is 284 g/mol. The van der Waals surface area contributed by atoms with Gasteiger partial charge < -0.3 is 10.1 Å². The number of carbonyl (C=O) groups excluding carboxylic acids is 1. The number of ether oxygens (including phenoxy) is 1. The van der Waals surface area contributed by atoms with Gasteiger partial charge in [-0.3, -0.25) is 9.78 Å². The Balaban J connectivity index is 1.82. The molecular weight excluding hydrogens is 264 g/mol. The molecule has 0 amide bonds. The fraction of sp³-hybridized carbons (Fsp3) is 0.412. The summed E-state index contributed by atoms with van der Waals surface area (Å²) in [5, 5.41) is 4.40. The van der Waals surface area contributed by atoms with Crippen LogP contribution < -0.4 is 5.32 Å². The summed E-state index contributed by atoms with van der Waals surface area (Å²) < 4.78 is 5.49. The van der Waals surface area contributed by atoms with Crippen molar-refractivity contribution in [2.45, 2.75) is 19.4 Å². The van der Waals surface area contributed by atoms with E-state index in [4.69, 9.17) is 4.74 Å². The summed E-state index contributed by atoms with van der Waals surface area (Å²) in [7, 11) is 0. The van der Waals surface area contributed by atoms with Crippen LogP contribution in [0.3, 0.4) is 0 Å². The molecule has 0 saturated carbocycles. The fourth-order valence-electron chi connectivity index (χ4n) is 2.76. The van der Waals surface area contributed by atoms with Gasteiger partial charge in [-0.15, -0.1) is 0 Å². The molecule has 3 rings (SSSR count). The number of carbonyl (C=O) groups is 1. The second-order valence-corrected chi connectivity index (χ2v) is 5.49. The highest BCUT2D eigenvalue weighted by Crippen LogP contribution is 2.21. The Morgan fingerprint density at radius 1 is 1.38 bits per heavy atom. The third kappa shape index (κ3) is 2.96. The van der Waals surface area contributed by atoms with Crippen molar-refractivity contribution in [1.82, 2.24) is 10.3 Å². The first-order valence-electron chi connectivity index (χ1n) is 7.49. The summed E-state index contributed by atoms with van der Waals surface area (Å²) in [4.78, 5) is 17.1. The van der Waals surface area contributed by atoms with Gasteiger partial charge in [-0.1, -0.05) is 25.1 Å². The van der Waals surface area contributed by atoms with E-state index in [0.29, 0.717) is 18.8 Å². The monoisotopic (exact) mass is 284 g/mol. The zero-order valence-corrected chi connectivity index (χ0v) is 12.2. The van der Waals surface area contributed by atoms with Crippen molar-refractivity contribution in [1.29, 1.82) is 0 Å². The van der Waals surface area contributed by atoms with Gasteiger partial charge in [0.15, 0.2) is 5.78 Å². The van der Waals surface area contributed by atoms with Crippen LogP contribution in [0.5, 0.6) is 0 Å². The van der Waals surface area contributed by atoms with E-state index in [1.54, 1.807) is 6.20 Å². The van der Waals surface area contributed by atoms with Crippen molar-refractivity contribution in [3.05, 3.63) is 42.1 Å². The van der Waals surface area contributed by atoms with Crippen LogP contribution in [0.25, 0.3) is 10.9 Å². The zero-order chi connectivity index (χ0) is 14.7. The maximum absolute atomic E-state index is 12.7. The van der Waals surface area contributed by atoms with Crippen LogP contribution in [0.2, 0.25) is 0 Å². The van der Waals surface area contributed by atoms with Crippen molar-refractivity contribution in [3.63, 3.8) is 0 Å². The molecule has 2 unspecified atom stereocenters. The minimum atomic E-state index is -0.112. The molecule has 1 fully saturated rings. The van der Waals surface area contributed by atoms with E-state index in [1.807, 2.05) is 30.3 Å². The number of benzene rings is 1. The van der Waals surface area contributed by atoms with Crippen molar-refractivity contribution >= 4 is 16.7 Å². The Kier molecular flexibility index (Phi) is 4.27. The van der Waals surface area contributed by atoms with Gasteiger partial charge >= 0.3 is 0 Å². The van der Waals surface area contributed by atoms with Gasteiger partial charge in [0.2, 0.25) is 0 Å². The number of nitrogens with zero attached hydrogens (tertiary/aromatic N) is 1. The fourth-order valence-corrected chi connectivity index (χ4v) is 2.76. The quantitative estimate of drug-likeness (QED) is 0.857. The number of ketones is 1. The largest absolute Gasteiger partial charge is 0.379 e. The topological polar surface area (TPSA) is 51.2 Å². The number of fused-ring (bicyclic) bond motifs is 1. The minimum Gasteiger partial charge on any atom is -0.379 e. The first-order valence-corrected chi connectivity index (χ1v) is 7.49. The smallest absolute Gasteiger partial charge is 0.171 e. The molecule has 4 nitrogen and oxygen atoms in total. The minimum absolute atomic E-state index is 0.112. The third-order valence-corrected chi connectivity index (χ3v) is 3.95. The maximum Gasteiger partial charge on any atom is 0.171 e. The van der Waals surface area contributed by atoms with Crippen LogP contribution in [0.1, 0.15) is 23.7 Å². The summed E-state index contributed by atoms with van der Waals surface area (Å²) in [5.41, 5.74) is 1.59. The van der Waals surface area contributed by atoms with E-state index >= 15 is 0 Å². The predicted octanol–water partition coefficient (Wildman–Crippen LogP) is 2.43. The van der Waals surface area contributed by atoms with Gasteiger partial charge in [-0.2, -0.15) is 0 Å². The van der Waals surface area contributed by atoms with Gasteiger partial charge in [0.1, 0.15) is 0 Å². The van der Waals surface area contributed by atoms with Crippen molar-refractivity contribution < 1.29 is 9.53 Å². The third-order valence-electron chi connectivity index (χ3n) is 3.95. The first kappa shape index (κ1) is 14.2. The van der Waals surface area contributed by atoms with Gasteiger partial charge in [-0.25, -0.2) is 0 Å². The van der Waals surface area contributed by atoms with Crippen molar-refractivity contribution in [2.75, 3.05) is 19.8 Å². The molecule has 1 aromatic heterocycles. The molecule has 2 aromatic rings. The first-order chi connectivity index (χ1) is 10.3. The number of hydrogen-bond acceptors (Lipinski definition) is 4. The van der Waals surface area contributed by atoms with E-state index < -0.39 is 0 Å². The van der Waals surface area contributed by atoms with Crippen LogP contribution >= 0.6 is 0 Å². The zero-order valence-electron chi connectivity index (χ0n) is 12.2. The van der Waals surface area contributed by atoms with E-state index in [1.165, 1.54) is 0 Å². The van der Waals surface area contributed by atoms with Crippen LogP contribution in [0, 0.1) is 5.92 Å². The summed E-state index contributed by atoms with van der Waals surface area (Å²) in [6, 6.07) is 9.89. The molecule has 1 aliphatic rings. The Bertz CT molecular complexity index is 641. The van der Waals surface area contributed by atoms with Crippen LogP contribution in [-0.2, 0) is 4.74 Å². The molecule has 0 spiro atoms. The Labute approximate surface area is 124 Å². The molecular formula is C17H20N2O2. The highest BCUT2D eigenvalue weighted by atomic mass is 16.5. The number of hydrogen-bond donors (Lipinski definition) is 1. The molecule has 110 valence electrons. The van der Waals surface area contributed by atoms with E-state index in [-0.39, 0.29) is 17.7 Å². The van der Waals surface area contributed by atoms with Crippen LogP contribution in [0.15, 0.2) is 36.5 Å². The van der Waals surface area contributed by atoms with Gasteiger partial charge in [0.25, 0.3) is 0 Å². The van der Waals surface area contributed by atoms with Gasteiger partial charge in [-0.05, 0) is 25.1 Å². The van der Waals surface area contributed by atoms with Crippen molar-refractivity contribution in [3.8, 4) is 0 Å². The molecule has 2 atom stereocenters. The Morgan fingerprint density at radius 2 is 2.24 bits per heavy atom. The molecule has 1 aromatic carbocycles. The van der Waals surface area contributed by atoms with Crippen molar-refractivity contribution in [2.24, 2.45) is 5.92 Å². The highest BCUT2D eigenvalue weighted by Gasteiger charge is 2.34. The maximum atomic E-state index is 12.7. The number of nitrogens with one attached hydrogen (secondary N) is 1. The molecule has 0 radical (unpaired) electrons. The molecule has 21 heavy (non-hydrogen) atoms. The van der Waals surface area contributed by atoms with Crippen LogP contribution in [-0.4, -0.2) is 36.6 Å². The Morgan fingerprint density at radius 3 is 3.10 bits per heavy atom. The highest BCUT2D eigenvalue weighted by molar-refractivity contribution is 6.00. The summed E-state index contributed by atoms with van der Waals surface area (Å²) in [6.07, 6.45) is 2.73. The standard InChI is InChI=1S/C17H20N2O2/c1-2-7-18-16-11-21-10-14(16)17(20)13-8-12-5-3-4-6-15(12)19-9-13/h3-6,8-9,14,16,18H,2,7,10-11H2,1H3. The molecule has 1 aliphatic heterocycles. The lowest BCUT2D eigenvalue weighted by Gasteiger charge is -2.17. The van der Waals surface area contributed by atoms with E-state index in [2.05, 4.69) is 17.2 Å². The lowest BCUT2D eigenvalue weighted by atomic mass is 9.93. The number of para-hydroxylation sites is 1. The molecule has 2 heterocycles. The SMILES string of the molecule is CCCNC1COCC1C(=O)c1cnc2ccccc2c1. The lowest BCUT2D eigenvalue weighted by Crippen LogP contribution is -2.39. The van der Waals surface area contributed by atoms with Gasteiger partial charge in [0, 0.05) is 23.2 Å². The average Bonchev–Trinajstić information content (AvgIpc) is 3.00. The second kappa shape index (κ2) is 6.33. The van der Waals surface area contributed by atoms with E-state index in [0.717, 1.165) is 23.9 Å².